The maximum absolute atomic E-state index is 11.9. The van der Waals surface area contributed by atoms with E-state index in [9.17, 15) is 4.79 Å². The van der Waals surface area contributed by atoms with E-state index in [0.29, 0.717) is 22.0 Å². The van der Waals surface area contributed by atoms with Crippen molar-refractivity contribution >= 4 is 49.2 Å². The molecule has 3 rings (SSSR count). The summed E-state index contributed by atoms with van der Waals surface area (Å²) >= 11 is 12.2. The number of hydrogen-bond donors (Lipinski definition) is 0. The number of benzene rings is 1. The number of rotatable bonds is 2. The van der Waals surface area contributed by atoms with Crippen molar-refractivity contribution in [2.75, 3.05) is 0 Å². The average molecular weight is 480 g/mol. The first kappa shape index (κ1) is 19.3. The fourth-order valence-corrected chi connectivity index (χ4v) is 2.30. The van der Waals surface area contributed by atoms with E-state index in [4.69, 9.17) is 16.9 Å². The summed E-state index contributed by atoms with van der Waals surface area (Å²) in [6.45, 7) is 0. The number of hydrogen-bond acceptors (Lipinski definition) is 4. The van der Waals surface area contributed by atoms with Crippen molar-refractivity contribution in [3.05, 3.63) is 91.8 Å². The van der Waals surface area contributed by atoms with Crippen LogP contribution < -0.4 is 0 Å². The van der Waals surface area contributed by atoms with Crippen LogP contribution in [0.5, 0.6) is 0 Å². The molecular weight excluding hydrogens is 469 g/mol. The molecule has 0 amide bonds. The molecule has 0 unspecified atom stereocenters. The lowest BCUT2D eigenvalue weighted by Crippen LogP contribution is -2.03. The van der Waals surface area contributed by atoms with E-state index in [0.717, 1.165) is 8.95 Å². The summed E-state index contributed by atoms with van der Waals surface area (Å²) in [5.74, 6) is -0.107. The monoisotopic (exact) mass is 477 g/mol. The lowest BCUT2D eigenvalue weighted by molar-refractivity contribution is 0.103. The maximum atomic E-state index is 11.9. The molecule has 0 spiro atoms. The molecule has 124 valence electrons. The van der Waals surface area contributed by atoms with Gasteiger partial charge in [0, 0.05) is 31.9 Å². The Morgan fingerprint density at radius 3 is 2.00 bits per heavy atom. The van der Waals surface area contributed by atoms with E-state index in [-0.39, 0.29) is 5.78 Å². The van der Waals surface area contributed by atoms with Crippen LogP contribution in [0.2, 0.25) is 5.02 Å². The van der Waals surface area contributed by atoms with Gasteiger partial charge < -0.3 is 0 Å². The summed E-state index contributed by atoms with van der Waals surface area (Å²) in [6, 6.07) is 15.6. The van der Waals surface area contributed by atoms with E-state index in [1.54, 1.807) is 60.9 Å². The molecule has 4 nitrogen and oxygen atoms in total. The van der Waals surface area contributed by atoms with Gasteiger partial charge in [0.2, 0.25) is 5.78 Å². The fraction of sp³-hybridized carbons (Fsp3) is 0. The van der Waals surface area contributed by atoms with Gasteiger partial charge in [-0.25, -0.2) is 4.98 Å². The predicted molar refractivity (Wildman–Crippen MR) is 103 cm³/mol. The molecule has 0 aliphatic rings. The van der Waals surface area contributed by atoms with Gasteiger partial charge in [0.25, 0.3) is 0 Å². The molecule has 0 saturated carbocycles. The second-order valence-electron chi connectivity index (χ2n) is 4.67. The van der Waals surface area contributed by atoms with Gasteiger partial charge in [-0.05, 0) is 80.4 Å². The van der Waals surface area contributed by atoms with Crippen molar-refractivity contribution in [3.8, 4) is 6.07 Å². The zero-order valence-electron chi connectivity index (χ0n) is 12.7. The van der Waals surface area contributed by atoms with Crippen LogP contribution in [-0.4, -0.2) is 15.8 Å². The number of ketones is 1. The molecule has 0 fully saturated rings. The number of carbonyl (C=O) groups is 1. The Morgan fingerprint density at radius 1 is 0.920 bits per heavy atom. The van der Waals surface area contributed by atoms with Crippen molar-refractivity contribution in [2.45, 2.75) is 0 Å². The van der Waals surface area contributed by atoms with Crippen LogP contribution in [-0.2, 0) is 0 Å². The zero-order chi connectivity index (χ0) is 18.2. The van der Waals surface area contributed by atoms with Crippen LogP contribution in [0.4, 0.5) is 0 Å². The van der Waals surface area contributed by atoms with Gasteiger partial charge in [0.1, 0.15) is 17.5 Å². The van der Waals surface area contributed by atoms with E-state index < -0.39 is 0 Å². The van der Waals surface area contributed by atoms with Gasteiger partial charge in [-0.15, -0.1) is 0 Å². The van der Waals surface area contributed by atoms with Gasteiger partial charge in [-0.2, -0.15) is 5.26 Å². The highest BCUT2D eigenvalue weighted by Crippen LogP contribution is 2.14. The lowest BCUT2D eigenvalue weighted by Gasteiger charge is -2.00. The van der Waals surface area contributed by atoms with Gasteiger partial charge in [-0.3, -0.25) is 9.78 Å². The van der Waals surface area contributed by atoms with E-state index >= 15 is 0 Å². The molecule has 25 heavy (non-hydrogen) atoms. The highest BCUT2D eigenvalue weighted by molar-refractivity contribution is 9.10. The van der Waals surface area contributed by atoms with Crippen LogP contribution in [0.15, 0.2) is 69.9 Å². The maximum Gasteiger partial charge on any atom is 0.211 e. The minimum Gasteiger partial charge on any atom is -0.287 e. The summed E-state index contributed by atoms with van der Waals surface area (Å²) in [4.78, 5) is 19.8. The molecule has 0 saturated heterocycles. The summed E-state index contributed by atoms with van der Waals surface area (Å²) in [5.41, 5.74) is 1.45. The fourth-order valence-electron chi connectivity index (χ4n) is 1.70. The average Bonchev–Trinajstić information content (AvgIpc) is 2.64. The molecule has 0 radical (unpaired) electrons. The highest BCUT2D eigenvalue weighted by Gasteiger charge is 2.09. The Morgan fingerprint density at radius 2 is 1.52 bits per heavy atom. The number of halogens is 3. The minimum atomic E-state index is -0.107. The number of carbonyl (C=O) groups excluding carboxylic acids is 1. The van der Waals surface area contributed by atoms with Crippen molar-refractivity contribution in [2.24, 2.45) is 0 Å². The number of pyridine rings is 2. The lowest BCUT2D eigenvalue weighted by atomic mass is 10.1. The van der Waals surface area contributed by atoms with Crippen LogP contribution in [0.25, 0.3) is 0 Å². The van der Waals surface area contributed by atoms with Crippen LogP contribution in [0, 0.1) is 11.3 Å². The summed E-state index contributed by atoms with van der Waals surface area (Å²) in [6.07, 6.45) is 3.20. The SMILES string of the molecule is N#Cc1ccc(Br)cn1.O=C(c1ccc(Cl)cc1)c1ccc(Br)cn1. The molecule has 0 aliphatic carbocycles. The Kier molecular flexibility index (Phi) is 7.26. The molecule has 7 heteroatoms. The first-order chi connectivity index (χ1) is 12.0. The van der Waals surface area contributed by atoms with Crippen LogP contribution in [0.1, 0.15) is 21.7 Å². The van der Waals surface area contributed by atoms with Crippen molar-refractivity contribution in [1.82, 2.24) is 9.97 Å². The van der Waals surface area contributed by atoms with Gasteiger partial charge in [0.05, 0.1) is 0 Å². The Bertz CT molecular complexity index is 842. The molecule has 0 aliphatic heterocycles. The predicted octanol–water partition coefficient (Wildman–Crippen LogP) is 5.44. The van der Waals surface area contributed by atoms with Crippen LogP contribution >= 0.6 is 43.5 Å². The molecule has 2 aromatic heterocycles. The number of nitrogens with zero attached hydrogens (tertiary/aromatic N) is 3. The highest BCUT2D eigenvalue weighted by atomic mass is 79.9. The van der Waals surface area contributed by atoms with E-state index in [2.05, 4.69) is 41.8 Å². The summed E-state index contributed by atoms with van der Waals surface area (Å²) in [7, 11) is 0. The number of nitriles is 1. The zero-order valence-corrected chi connectivity index (χ0v) is 16.6. The Hall–Kier alpha value is -2.07. The minimum absolute atomic E-state index is 0.107. The Balaban J connectivity index is 0.000000212. The topological polar surface area (TPSA) is 66.6 Å². The first-order valence-electron chi connectivity index (χ1n) is 6.93. The van der Waals surface area contributed by atoms with Crippen molar-refractivity contribution in [1.29, 1.82) is 5.26 Å². The number of aromatic nitrogens is 2. The van der Waals surface area contributed by atoms with Gasteiger partial charge >= 0.3 is 0 Å². The third kappa shape index (κ3) is 6.05. The standard InChI is InChI=1S/C12H7BrClNO.C6H3BrN2/c13-9-3-6-11(15-7-9)12(16)8-1-4-10(14)5-2-8;7-5-1-2-6(3-8)9-4-5/h1-7H;1-2,4H. The molecular formula is C18H10Br2ClN3O. The van der Waals surface area contributed by atoms with Gasteiger partial charge in [0.15, 0.2) is 0 Å². The van der Waals surface area contributed by atoms with E-state index in [1.807, 2.05) is 6.07 Å². The molecule has 3 aromatic rings. The van der Waals surface area contributed by atoms with Crippen molar-refractivity contribution < 1.29 is 4.79 Å². The molecule has 2 heterocycles. The molecule has 0 N–H and O–H groups in total. The second-order valence-corrected chi connectivity index (χ2v) is 6.94. The summed E-state index contributed by atoms with van der Waals surface area (Å²) in [5, 5.41) is 8.91. The van der Waals surface area contributed by atoms with Gasteiger partial charge in [-0.1, -0.05) is 11.6 Å². The normalized spacial score (nSPS) is 9.52. The van der Waals surface area contributed by atoms with E-state index in [1.165, 1.54) is 0 Å². The summed E-state index contributed by atoms with van der Waals surface area (Å²) < 4.78 is 1.74. The quantitative estimate of drug-likeness (QED) is 0.459. The third-order valence-electron chi connectivity index (χ3n) is 2.91. The third-order valence-corrected chi connectivity index (χ3v) is 4.10. The molecule has 1 aromatic carbocycles. The van der Waals surface area contributed by atoms with Crippen LogP contribution in [0.3, 0.4) is 0 Å². The molecule has 0 bridgehead atoms. The van der Waals surface area contributed by atoms with Crippen molar-refractivity contribution in [3.63, 3.8) is 0 Å². The smallest absolute Gasteiger partial charge is 0.211 e. The Labute approximate surface area is 166 Å². The first-order valence-corrected chi connectivity index (χ1v) is 8.89. The largest absolute Gasteiger partial charge is 0.287 e. The molecule has 0 atom stereocenters. The second kappa shape index (κ2) is 9.42.